The average molecular weight is 298 g/mol. The fraction of sp³-hybridized carbons (Fsp3) is 1.00. The van der Waals surface area contributed by atoms with Crippen LogP contribution in [0.1, 0.15) is 33.1 Å². The summed E-state index contributed by atoms with van der Waals surface area (Å²) in [6.45, 7) is 6.13. The minimum atomic E-state index is -2.74. The summed E-state index contributed by atoms with van der Waals surface area (Å²) < 4.78 is 28.4. The highest BCUT2D eigenvalue weighted by Gasteiger charge is 2.30. The van der Waals surface area contributed by atoms with E-state index in [1.54, 1.807) is 0 Å². The predicted octanol–water partition coefficient (Wildman–Crippen LogP) is 1.60. The summed E-state index contributed by atoms with van der Waals surface area (Å²) >= 11 is 0. The summed E-state index contributed by atoms with van der Waals surface area (Å²) in [5.74, 6) is 1.21. The van der Waals surface area contributed by atoms with Crippen molar-refractivity contribution in [1.29, 1.82) is 0 Å². The first-order valence-corrected chi connectivity index (χ1v) is 8.24. The maximum absolute atomic E-state index is 11.3. The zero-order valence-corrected chi connectivity index (χ0v) is 12.8. The molecule has 1 atom stereocenters. The molecule has 0 bridgehead atoms. The zero-order chi connectivity index (χ0) is 12.5. The van der Waals surface area contributed by atoms with E-state index in [9.17, 15) is 8.42 Å². The highest BCUT2D eigenvalue weighted by Crippen LogP contribution is 2.26. The smallest absolute Gasteiger partial charge is 0.150 e. The van der Waals surface area contributed by atoms with Crippen LogP contribution in [0.5, 0.6) is 0 Å². The molecule has 2 aliphatic heterocycles. The van der Waals surface area contributed by atoms with Gasteiger partial charge in [-0.3, -0.25) is 5.32 Å². The van der Waals surface area contributed by atoms with Crippen molar-refractivity contribution < 1.29 is 13.2 Å². The zero-order valence-electron chi connectivity index (χ0n) is 11.1. The molecule has 2 fully saturated rings. The van der Waals surface area contributed by atoms with Gasteiger partial charge in [-0.05, 0) is 25.2 Å². The van der Waals surface area contributed by atoms with Crippen LogP contribution in [0.3, 0.4) is 0 Å². The molecule has 2 saturated heterocycles. The Morgan fingerprint density at radius 2 is 1.89 bits per heavy atom. The Labute approximate surface area is 116 Å². The molecule has 0 spiro atoms. The van der Waals surface area contributed by atoms with E-state index in [1.165, 1.54) is 0 Å². The Morgan fingerprint density at radius 3 is 2.39 bits per heavy atom. The lowest BCUT2D eigenvalue weighted by atomic mass is 9.92. The van der Waals surface area contributed by atoms with E-state index in [4.69, 9.17) is 4.74 Å². The summed E-state index contributed by atoms with van der Waals surface area (Å²) in [4.78, 5) is 0. The fourth-order valence-corrected chi connectivity index (χ4v) is 4.04. The van der Waals surface area contributed by atoms with Crippen LogP contribution < -0.4 is 5.32 Å². The van der Waals surface area contributed by atoms with E-state index < -0.39 is 9.84 Å². The van der Waals surface area contributed by atoms with Gasteiger partial charge < -0.3 is 4.74 Å². The van der Waals surface area contributed by atoms with Gasteiger partial charge in [-0.25, -0.2) is 8.42 Å². The van der Waals surface area contributed by atoms with Crippen LogP contribution in [-0.4, -0.2) is 39.3 Å². The van der Waals surface area contributed by atoms with Crippen molar-refractivity contribution in [3.05, 3.63) is 0 Å². The van der Waals surface area contributed by atoms with Crippen LogP contribution in [0, 0.1) is 11.3 Å². The summed E-state index contributed by atoms with van der Waals surface area (Å²) in [5.41, 5.74) is 0.215. The topological polar surface area (TPSA) is 55.4 Å². The number of hydrogen-bond donors (Lipinski definition) is 1. The van der Waals surface area contributed by atoms with Crippen LogP contribution in [0.15, 0.2) is 0 Å². The third-order valence-corrected chi connectivity index (χ3v) is 5.42. The van der Waals surface area contributed by atoms with E-state index in [1.807, 2.05) is 0 Å². The van der Waals surface area contributed by atoms with Gasteiger partial charge in [-0.15, -0.1) is 12.4 Å². The monoisotopic (exact) mass is 297 g/mol. The molecule has 0 saturated carbocycles. The number of nitrogens with one attached hydrogen (secondary N) is 1. The Bertz CT molecular complexity index is 346. The molecule has 0 aliphatic carbocycles. The van der Waals surface area contributed by atoms with Gasteiger partial charge in [-0.2, -0.15) is 0 Å². The maximum Gasteiger partial charge on any atom is 0.150 e. The first kappa shape index (κ1) is 16.2. The minimum absolute atomic E-state index is 0. The molecule has 0 amide bonds. The van der Waals surface area contributed by atoms with E-state index in [-0.39, 0.29) is 24.0 Å². The third-order valence-electron chi connectivity index (χ3n) is 3.71. The van der Waals surface area contributed by atoms with Crippen molar-refractivity contribution in [3.63, 3.8) is 0 Å². The molecule has 1 unspecified atom stereocenters. The van der Waals surface area contributed by atoms with Crippen LogP contribution in [0.25, 0.3) is 0 Å². The molecule has 18 heavy (non-hydrogen) atoms. The number of halogens is 1. The number of ether oxygens (including phenoxy) is 1. The predicted molar refractivity (Wildman–Crippen MR) is 74.8 cm³/mol. The Kier molecular flexibility index (Phi) is 5.47. The molecule has 6 heteroatoms. The molecule has 0 aromatic carbocycles. The first-order chi connectivity index (χ1) is 7.86. The first-order valence-electron chi connectivity index (χ1n) is 6.42. The van der Waals surface area contributed by atoms with Gasteiger partial charge in [0.05, 0.1) is 18.1 Å². The Morgan fingerprint density at radius 1 is 1.28 bits per heavy atom. The number of rotatable bonds is 2. The molecule has 108 valence electrons. The molecule has 4 nitrogen and oxygen atoms in total. The van der Waals surface area contributed by atoms with E-state index >= 15 is 0 Å². The van der Waals surface area contributed by atoms with Gasteiger partial charge >= 0.3 is 0 Å². The van der Waals surface area contributed by atoms with Gasteiger partial charge in [0.2, 0.25) is 0 Å². The normalized spacial score (nSPS) is 31.6. The average Bonchev–Trinajstić information content (AvgIpc) is 2.24. The second kappa shape index (κ2) is 6.07. The molecule has 2 rings (SSSR count). The molecule has 0 radical (unpaired) electrons. The second-order valence-electron chi connectivity index (χ2n) is 6.18. The van der Waals surface area contributed by atoms with Gasteiger partial charge in [0.15, 0.2) is 0 Å². The van der Waals surface area contributed by atoms with Crippen LogP contribution in [0.4, 0.5) is 0 Å². The molecule has 0 aromatic heterocycles. The summed E-state index contributed by atoms with van der Waals surface area (Å²) in [6, 6.07) is 0. The fourth-order valence-electron chi connectivity index (χ4n) is 2.45. The van der Waals surface area contributed by atoms with Crippen molar-refractivity contribution in [1.82, 2.24) is 5.32 Å². The Balaban J connectivity index is 0.00000162. The van der Waals surface area contributed by atoms with Crippen molar-refractivity contribution >= 4 is 22.2 Å². The second-order valence-corrected chi connectivity index (χ2v) is 8.48. The lowest BCUT2D eigenvalue weighted by Crippen LogP contribution is -2.48. The van der Waals surface area contributed by atoms with Crippen LogP contribution >= 0.6 is 12.4 Å². The molecule has 0 aromatic rings. The van der Waals surface area contributed by atoms with Crippen LogP contribution in [-0.2, 0) is 14.6 Å². The number of sulfone groups is 1. The standard InChI is InChI=1S/C12H23NO3S.ClH/c1-12(2)8-13-11(16-9-12)7-10-3-5-17(14,15)6-4-10;/h10-11,13H,3-9H2,1-2H3;1H. The molecule has 1 N–H and O–H groups in total. The summed E-state index contributed by atoms with van der Waals surface area (Å²) in [7, 11) is -2.74. The van der Waals surface area contributed by atoms with E-state index in [0.717, 1.165) is 32.4 Å². The van der Waals surface area contributed by atoms with Crippen molar-refractivity contribution in [3.8, 4) is 0 Å². The van der Waals surface area contributed by atoms with Crippen molar-refractivity contribution in [2.75, 3.05) is 24.7 Å². The highest BCUT2D eigenvalue weighted by atomic mass is 35.5. The quantitative estimate of drug-likeness (QED) is 0.841. The third kappa shape index (κ3) is 4.68. The van der Waals surface area contributed by atoms with E-state index in [2.05, 4.69) is 19.2 Å². The number of hydrogen-bond acceptors (Lipinski definition) is 4. The molecule has 2 aliphatic rings. The van der Waals surface area contributed by atoms with Gasteiger partial charge in [0.1, 0.15) is 16.1 Å². The largest absolute Gasteiger partial charge is 0.363 e. The maximum atomic E-state index is 11.3. The SMILES string of the molecule is CC1(C)CNC(CC2CCS(=O)(=O)CC2)OC1.Cl. The van der Waals surface area contributed by atoms with E-state index in [0.29, 0.717) is 17.4 Å². The van der Waals surface area contributed by atoms with Crippen molar-refractivity contribution in [2.45, 2.75) is 39.3 Å². The van der Waals surface area contributed by atoms with Crippen molar-refractivity contribution in [2.24, 2.45) is 11.3 Å². The lowest BCUT2D eigenvalue weighted by molar-refractivity contribution is -0.0677. The Hall–Kier alpha value is 0.160. The van der Waals surface area contributed by atoms with Crippen LogP contribution in [0.2, 0.25) is 0 Å². The molecular weight excluding hydrogens is 274 g/mol. The highest BCUT2D eigenvalue weighted by molar-refractivity contribution is 7.91. The summed E-state index contributed by atoms with van der Waals surface area (Å²) in [5, 5.41) is 3.41. The lowest BCUT2D eigenvalue weighted by Gasteiger charge is -2.37. The van der Waals surface area contributed by atoms with Gasteiger partial charge in [0.25, 0.3) is 0 Å². The van der Waals surface area contributed by atoms with Gasteiger partial charge in [-0.1, -0.05) is 13.8 Å². The summed E-state index contributed by atoms with van der Waals surface area (Å²) in [6.07, 6.45) is 2.67. The minimum Gasteiger partial charge on any atom is -0.363 e. The van der Waals surface area contributed by atoms with Gasteiger partial charge in [0, 0.05) is 12.0 Å². The molecule has 2 heterocycles. The molecular formula is C12H24ClNO3S.